The van der Waals surface area contributed by atoms with Crippen LogP contribution in [0.15, 0.2) is 81.6 Å². The second kappa shape index (κ2) is 9.28. The summed E-state index contributed by atoms with van der Waals surface area (Å²) < 4.78 is 11.8. The van der Waals surface area contributed by atoms with E-state index in [-0.39, 0.29) is 5.91 Å². The van der Waals surface area contributed by atoms with Gasteiger partial charge in [-0.3, -0.25) is 4.79 Å². The Bertz CT molecular complexity index is 1590. The van der Waals surface area contributed by atoms with Crippen molar-refractivity contribution in [2.45, 2.75) is 20.8 Å². The summed E-state index contributed by atoms with van der Waals surface area (Å²) in [4.78, 5) is 17.2. The molecule has 5 aromatic rings. The lowest BCUT2D eigenvalue weighted by molar-refractivity contribution is -0.111. The molecule has 2 aromatic heterocycles. The molecule has 35 heavy (non-hydrogen) atoms. The van der Waals surface area contributed by atoms with Crippen LogP contribution < -0.4 is 5.32 Å². The van der Waals surface area contributed by atoms with Crippen LogP contribution >= 0.6 is 11.6 Å². The van der Waals surface area contributed by atoms with Gasteiger partial charge in [-0.2, -0.15) is 0 Å². The first kappa shape index (κ1) is 22.7. The van der Waals surface area contributed by atoms with Crippen LogP contribution in [-0.4, -0.2) is 10.9 Å². The smallest absolute Gasteiger partial charge is 0.248 e. The summed E-state index contributed by atoms with van der Waals surface area (Å²) in [5, 5.41) is 3.61. The molecule has 0 atom stereocenters. The van der Waals surface area contributed by atoms with E-state index in [1.807, 2.05) is 87.5 Å². The molecule has 0 fully saturated rings. The number of carbonyl (C=O) groups excluding carboxylic acids is 1. The number of carbonyl (C=O) groups is 1. The Morgan fingerprint density at radius 1 is 0.886 bits per heavy atom. The third-order valence-electron chi connectivity index (χ3n) is 5.77. The molecule has 3 aromatic carbocycles. The van der Waals surface area contributed by atoms with Gasteiger partial charge in [0.2, 0.25) is 11.8 Å². The Labute approximate surface area is 208 Å². The lowest BCUT2D eigenvalue weighted by atomic mass is 10.1. The summed E-state index contributed by atoms with van der Waals surface area (Å²) in [6.45, 7) is 5.90. The van der Waals surface area contributed by atoms with Crippen molar-refractivity contribution in [1.29, 1.82) is 0 Å². The third-order valence-corrected chi connectivity index (χ3v) is 6.18. The van der Waals surface area contributed by atoms with Crippen molar-refractivity contribution < 1.29 is 13.6 Å². The monoisotopic (exact) mass is 482 g/mol. The highest BCUT2D eigenvalue weighted by Crippen LogP contribution is 2.29. The third kappa shape index (κ3) is 4.91. The lowest BCUT2D eigenvalue weighted by Crippen LogP contribution is -2.09. The quantitative estimate of drug-likeness (QED) is 0.258. The van der Waals surface area contributed by atoms with Crippen LogP contribution in [0.4, 0.5) is 5.69 Å². The number of hydrogen-bond acceptors (Lipinski definition) is 4. The minimum atomic E-state index is -0.269. The van der Waals surface area contributed by atoms with Gasteiger partial charge in [0, 0.05) is 27.9 Å². The maximum absolute atomic E-state index is 12.6. The van der Waals surface area contributed by atoms with Gasteiger partial charge in [-0.15, -0.1) is 0 Å². The van der Waals surface area contributed by atoms with E-state index >= 15 is 0 Å². The van der Waals surface area contributed by atoms with E-state index < -0.39 is 0 Å². The van der Waals surface area contributed by atoms with Crippen molar-refractivity contribution in [3.05, 3.63) is 100 Å². The Hall–Kier alpha value is -4.09. The van der Waals surface area contributed by atoms with Crippen molar-refractivity contribution in [3.8, 4) is 22.8 Å². The zero-order valence-corrected chi connectivity index (χ0v) is 20.3. The highest BCUT2D eigenvalue weighted by Gasteiger charge is 2.11. The van der Waals surface area contributed by atoms with Crippen LogP contribution in [0, 0.1) is 20.8 Å². The minimum absolute atomic E-state index is 0.269. The minimum Gasteiger partial charge on any atom is -0.457 e. The fourth-order valence-corrected chi connectivity index (χ4v) is 3.90. The number of halogens is 1. The van der Waals surface area contributed by atoms with Gasteiger partial charge in [-0.1, -0.05) is 35.9 Å². The number of nitrogens with zero attached hydrogens (tertiary/aromatic N) is 1. The van der Waals surface area contributed by atoms with Gasteiger partial charge in [0.05, 0.1) is 0 Å². The number of fused-ring (bicyclic) bond motifs is 1. The Morgan fingerprint density at radius 2 is 1.69 bits per heavy atom. The topological polar surface area (TPSA) is 68.3 Å². The normalized spacial score (nSPS) is 11.4. The Kier molecular flexibility index (Phi) is 6.01. The van der Waals surface area contributed by atoms with Gasteiger partial charge in [-0.05, 0) is 86.0 Å². The van der Waals surface area contributed by atoms with Crippen LogP contribution in [0.1, 0.15) is 22.5 Å². The first-order valence-electron chi connectivity index (χ1n) is 11.2. The molecule has 5 rings (SSSR count). The predicted molar refractivity (Wildman–Crippen MR) is 140 cm³/mol. The van der Waals surface area contributed by atoms with Gasteiger partial charge in [0.15, 0.2) is 5.58 Å². The molecule has 1 N–H and O–H groups in total. The Balaban J connectivity index is 1.31. The van der Waals surface area contributed by atoms with Crippen molar-refractivity contribution in [2.75, 3.05) is 5.32 Å². The molecule has 1 amide bonds. The zero-order chi connectivity index (χ0) is 24.5. The summed E-state index contributed by atoms with van der Waals surface area (Å²) in [6, 6.07) is 21.1. The molecule has 6 heteroatoms. The van der Waals surface area contributed by atoms with Gasteiger partial charge < -0.3 is 14.2 Å². The van der Waals surface area contributed by atoms with E-state index in [9.17, 15) is 4.79 Å². The molecule has 0 spiro atoms. The molecule has 0 saturated carbocycles. The number of oxazole rings is 1. The number of benzene rings is 3. The number of rotatable bonds is 5. The largest absolute Gasteiger partial charge is 0.457 e. The molecular formula is C29H23ClN2O3. The standard InChI is InChI=1S/C29H23ClN2O3/c1-17-4-11-24-27(14-17)35-29(32-24)21-8-6-19(3)25(16-21)31-28(33)13-10-22-9-12-26(34-22)20-7-5-18(2)23(30)15-20/h4-16H,1-3H3,(H,31,33)/b13-10+. The fraction of sp³-hybridized carbons (Fsp3) is 0.103. The summed E-state index contributed by atoms with van der Waals surface area (Å²) in [6.07, 6.45) is 3.08. The predicted octanol–water partition coefficient (Wildman–Crippen LogP) is 7.99. The average Bonchev–Trinajstić information content (AvgIpc) is 3.48. The molecule has 0 saturated heterocycles. The first-order chi connectivity index (χ1) is 16.9. The number of furan rings is 1. The van der Waals surface area contributed by atoms with Crippen LogP contribution in [0.2, 0.25) is 5.02 Å². The molecule has 5 nitrogen and oxygen atoms in total. The zero-order valence-electron chi connectivity index (χ0n) is 19.6. The molecule has 2 heterocycles. The number of aromatic nitrogens is 1. The average molecular weight is 483 g/mol. The van der Waals surface area contributed by atoms with Crippen LogP contribution in [-0.2, 0) is 4.79 Å². The van der Waals surface area contributed by atoms with Crippen molar-refractivity contribution in [1.82, 2.24) is 4.98 Å². The number of hydrogen-bond donors (Lipinski definition) is 1. The lowest BCUT2D eigenvalue weighted by Gasteiger charge is -2.07. The fourth-order valence-electron chi connectivity index (χ4n) is 3.72. The molecule has 174 valence electrons. The molecule has 0 unspecified atom stereocenters. The van der Waals surface area contributed by atoms with Crippen LogP contribution in [0.3, 0.4) is 0 Å². The van der Waals surface area contributed by atoms with E-state index in [4.69, 9.17) is 20.4 Å². The molecule has 0 aliphatic heterocycles. The highest BCUT2D eigenvalue weighted by molar-refractivity contribution is 6.31. The number of amides is 1. The number of aryl methyl sites for hydroxylation is 3. The van der Waals surface area contributed by atoms with Gasteiger partial charge in [-0.25, -0.2) is 4.98 Å². The van der Waals surface area contributed by atoms with Crippen molar-refractivity contribution in [2.24, 2.45) is 0 Å². The van der Waals surface area contributed by atoms with Crippen LogP contribution in [0.25, 0.3) is 40.0 Å². The second-order valence-electron chi connectivity index (χ2n) is 8.51. The van der Waals surface area contributed by atoms with E-state index in [1.54, 1.807) is 6.08 Å². The van der Waals surface area contributed by atoms with E-state index in [0.717, 1.165) is 38.9 Å². The van der Waals surface area contributed by atoms with Crippen molar-refractivity contribution >= 4 is 40.4 Å². The van der Waals surface area contributed by atoms with Crippen LogP contribution in [0.5, 0.6) is 0 Å². The Morgan fingerprint density at radius 3 is 2.51 bits per heavy atom. The molecular weight excluding hydrogens is 460 g/mol. The SMILES string of the molecule is Cc1ccc2nc(-c3ccc(C)c(NC(=O)/C=C/c4ccc(-c5ccc(C)c(Cl)c5)o4)c3)oc2c1. The maximum atomic E-state index is 12.6. The molecule has 0 radical (unpaired) electrons. The summed E-state index contributed by atoms with van der Waals surface area (Å²) in [7, 11) is 0. The summed E-state index contributed by atoms with van der Waals surface area (Å²) in [5.41, 5.74) is 6.93. The number of nitrogens with one attached hydrogen (secondary N) is 1. The first-order valence-corrected chi connectivity index (χ1v) is 11.6. The van der Waals surface area contributed by atoms with E-state index in [2.05, 4.69) is 10.3 Å². The summed E-state index contributed by atoms with van der Waals surface area (Å²) >= 11 is 6.22. The molecule has 0 aliphatic rings. The highest BCUT2D eigenvalue weighted by atomic mass is 35.5. The van der Waals surface area contributed by atoms with E-state index in [1.165, 1.54) is 6.08 Å². The van der Waals surface area contributed by atoms with E-state index in [0.29, 0.717) is 28.1 Å². The van der Waals surface area contributed by atoms with Crippen molar-refractivity contribution in [3.63, 3.8) is 0 Å². The number of anilines is 1. The van der Waals surface area contributed by atoms with Gasteiger partial charge in [0.1, 0.15) is 17.0 Å². The second-order valence-corrected chi connectivity index (χ2v) is 8.92. The van der Waals surface area contributed by atoms with Gasteiger partial charge in [0.25, 0.3) is 0 Å². The maximum Gasteiger partial charge on any atom is 0.248 e. The van der Waals surface area contributed by atoms with Gasteiger partial charge >= 0.3 is 0 Å². The molecule has 0 bridgehead atoms. The summed E-state index contributed by atoms with van der Waals surface area (Å²) in [5.74, 6) is 1.49. The molecule has 0 aliphatic carbocycles.